The Morgan fingerprint density at radius 2 is 1.68 bits per heavy atom. The van der Waals surface area contributed by atoms with E-state index in [-0.39, 0.29) is 17.5 Å². The number of hydrogen-bond donors (Lipinski definition) is 0. The number of nitrogens with zero attached hydrogens (tertiary/aromatic N) is 3. The van der Waals surface area contributed by atoms with Crippen LogP contribution >= 0.6 is 35.0 Å². The third-order valence-corrected chi connectivity index (χ3v) is 6.55. The molecule has 2 aromatic carbocycles. The SMILES string of the molecule is CC(=O)N1CCN(C(=O)C=Cc2ccc(Sc3ccc(Cl)cc3Cl)c([N+](=O)[O-])c2)CC1. The molecule has 2 amide bonds. The summed E-state index contributed by atoms with van der Waals surface area (Å²) in [6.45, 7) is 3.42. The zero-order valence-corrected chi connectivity index (χ0v) is 18.9. The minimum atomic E-state index is -0.466. The number of nitro benzene ring substituents is 1. The monoisotopic (exact) mass is 479 g/mol. The lowest BCUT2D eigenvalue weighted by Gasteiger charge is -2.33. The average molecular weight is 480 g/mol. The maximum atomic E-state index is 12.4. The Balaban J connectivity index is 1.72. The Morgan fingerprint density at radius 1 is 1.03 bits per heavy atom. The molecule has 1 heterocycles. The Labute approximate surface area is 193 Å². The molecule has 0 bridgehead atoms. The van der Waals surface area contributed by atoms with Gasteiger partial charge in [0.25, 0.3) is 5.69 Å². The van der Waals surface area contributed by atoms with Gasteiger partial charge >= 0.3 is 0 Å². The van der Waals surface area contributed by atoms with Crippen LogP contribution in [0.5, 0.6) is 0 Å². The minimum absolute atomic E-state index is 0.00667. The molecule has 0 N–H and O–H groups in total. The van der Waals surface area contributed by atoms with Crippen molar-refractivity contribution in [1.29, 1.82) is 0 Å². The second kappa shape index (κ2) is 10.2. The molecule has 1 fully saturated rings. The Morgan fingerprint density at radius 3 is 2.29 bits per heavy atom. The summed E-state index contributed by atoms with van der Waals surface area (Å²) in [4.78, 5) is 39.3. The Bertz CT molecular complexity index is 1050. The number of amides is 2. The fourth-order valence-corrected chi connectivity index (χ4v) is 4.49. The summed E-state index contributed by atoms with van der Waals surface area (Å²) in [7, 11) is 0. The van der Waals surface area contributed by atoms with Crippen molar-refractivity contribution < 1.29 is 14.5 Å². The number of halogens is 2. The number of rotatable bonds is 5. The predicted octanol–water partition coefficient (Wildman–Crippen LogP) is 4.76. The first-order valence-corrected chi connectivity index (χ1v) is 11.0. The first-order chi connectivity index (χ1) is 14.7. The number of carbonyl (C=O) groups is 2. The Kier molecular flexibility index (Phi) is 7.59. The second-order valence-corrected chi connectivity index (χ2v) is 8.75. The van der Waals surface area contributed by atoms with Crippen molar-refractivity contribution in [2.24, 2.45) is 0 Å². The number of hydrogen-bond acceptors (Lipinski definition) is 5. The number of carbonyl (C=O) groups excluding carboxylic acids is 2. The molecule has 10 heteroatoms. The van der Waals surface area contributed by atoms with E-state index in [9.17, 15) is 19.7 Å². The van der Waals surface area contributed by atoms with E-state index < -0.39 is 4.92 Å². The van der Waals surface area contributed by atoms with Crippen molar-refractivity contribution in [3.8, 4) is 0 Å². The minimum Gasteiger partial charge on any atom is -0.339 e. The molecule has 31 heavy (non-hydrogen) atoms. The van der Waals surface area contributed by atoms with E-state index in [4.69, 9.17) is 23.2 Å². The maximum absolute atomic E-state index is 12.4. The lowest BCUT2D eigenvalue weighted by molar-refractivity contribution is -0.387. The van der Waals surface area contributed by atoms with E-state index in [0.717, 1.165) is 0 Å². The van der Waals surface area contributed by atoms with Crippen molar-refractivity contribution in [1.82, 2.24) is 9.80 Å². The van der Waals surface area contributed by atoms with Crippen molar-refractivity contribution in [3.05, 3.63) is 68.2 Å². The molecule has 0 aliphatic carbocycles. The van der Waals surface area contributed by atoms with Gasteiger partial charge in [0.2, 0.25) is 11.8 Å². The largest absolute Gasteiger partial charge is 0.339 e. The summed E-state index contributed by atoms with van der Waals surface area (Å²) in [6.07, 6.45) is 2.95. The molecule has 0 atom stereocenters. The van der Waals surface area contributed by atoms with Crippen LogP contribution in [0.25, 0.3) is 6.08 Å². The van der Waals surface area contributed by atoms with Gasteiger partial charge in [-0.25, -0.2) is 0 Å². The number of piperazine rings is 1. The van der Waals surface area contributed by atoms with Gasteiger partial charge in [-0.3, -0.25) is 19.7 Å². The molecule has 0 radical (unpaired) electrons. The molecule has 0 unspecified atom stereocenters. The van der Waals surface area contributed by atoms with Crippen molar-refractivity contribution in [2.45, 2.75) is 16.7 Å². The molecule has 1 saturated heterocycles. The van der Waals surface area contributed by atoms with Crippen LogP contribution in [0.15, 0.2) is 52.3 Å². The smallest absolute Gasteiger partial charge is 0.283 e. The molecule has 1 aliphatic rings. The highest BCUT2D eigenvalue weighted by Gasteiger charge is 2.21. The van der Waals surface area contributed by atoms with Crippen LogP contribution in [-0.4, -0.2) is 52.7 Å². The van der Waals surface area contributed by atoms with Crippen LogP contribution in [0.2, 0.25) is 10.0 Å². The zero-order valence-electron chi connectivity index (χ0n) is 16.6. The molecule has 0 spiro atoms. The van der Waals surface area contributed by atoms with Gasteiger partial charge in [-0.15, -0.1) is 0 Å². The number of benzene rings is 2. The Hall–Kier alpha value is -2.55. The van der Waals surface area contributed by atoms with Gasteiger partial charge in [0.1, 0.15) is 0 Å². The lowest BCUT2D eigenvalue weighted by Crippen LogP contribution is -2.49. The van der Waals surface area contributed by atoms with Crippen LogP contribution in [-0.2, 0) is 9.59 Å². The van der Waals surface area contributed by atoms with Crippen molar-refractivity contribution in [2.75, 3.05) is 26.2 Å². The standard InChI is InChI=1S/C21H19Cl2N3O4S/c1-14(27)24-8-10-25(11-9-24)21(28)7-3-15-2-5-20(18(12-15)26(29)30)31-19-6-4-16(22)13-17(19)23/h2-7,12-13H,8-11H2,1H3. The van der Waals surface area contributed by atoms with Gasteiger partial charge in [-0.1, -0.05) is 41.0 Å². The summed E-state index contributed by atoms with van der Waals surface area (Å²) in [6, 6.07) is 9.71. The van der Waals surface area contributed by atoms with E-state index in [1.165, 1.54) is 30.8 Å². The average Bonchev–Trinajstić information content (AvgIpc) is 2.74. The summed E-state index contributed by atoms with van der Waals surface area (Å²) in [5, 5.41) is 12.5. The molecule has 3 rings (SSSR count). The predicted molar refractivity (Wildman–Crippen MR) is 122 cm³/mol. The van der Waals surface area contributed by atoms with Gasteiger partial charge in [0.05, 0.1) is 14.8 Å². The molecular formula is C21H19Cl2N3O4S. The fourth-order valence-electron chi connectivity index (χ4n) is 3.06. The van der Waals surface area contributed by atoms with E-state index >= 15 is 0 Å². The normalized spacial score (nSPS) is 14.2. The van der Waals surface area contributed by atoms with Crippen molar-refractivity contribution in [3.63, 3.8) is 0 Å². The summed E-state index contributed by atoms with van der Waals surface area (Å²) in [5.41, 5.74) is 0.453. The van der Waals surface area contributed by atoms with E-state index in [2.05, 4.69) is 0 Å². The van der Waals surface area contributed by atoms with Crippen LogP contribution in [0.3, 0.4) is 0 Å². The van der Waals surface area contributed by atoms with Crippen LogP contribution in [0, 0.1) is 10.1 Å². The van der Waals surface area contributed by atoms with Gasteiger partial charge in [-0.2, -0.15) is 0 Å². The van der Waals surface area contributed by atoms with E-state index in [0.29, 0.717) is 51.6 Å². The molecular weight excluding hydrogens is 461 g/mol. The highest BCUT2D eigenvalue weighted by molar-refractivity contribution is 7.99. The second-order valence-electron chi connectivity index (χ2n) is 6.83. The van der Waals surface area contributed by atoms with Gasteiger partial charge in [0, 0.05) is 55.2 Å². The van der Waals surface area contributed by atoms with Crippen LogP contribution < -0.4 is 0 Å². The molecule has 0 saturated carbocycles. The summed E-state index contributed by atoms with van der Waals surface area (Å²) < 4.78 is 0. The summed E-state index contributed by atoms with van der Waals surface area (Å²) >= 11 is 13.3. The van der Waals surface area contributed by atoms with Gasteiger partial charge in [0.15, 0.2) is 0 Å². The van der Waals surface area contributed by atoms with Crippen LogP contribution in [0.1, 0.15) is 12.5 Å². The third-order valence-electron chi connectivity index (χ3n) is 4.75. The van der Waals surface area contributed by atoms with Crippen molar-refractivity contribution >= 4 is 58.5 Å². The molecule has 0 aromatic heterocycles. The highest BCUT2D eigenvalue weighted by atomic mass is 35.5. The molecule has 2 aromatic rings. The molecule has 162 valence electrons. The quantitative estimate of drug-likeness (QED) is 0.350. The third kappa shape index (κ3) is 6.00. The summed E-state index contributed by atoms with van der Waals surface area (Å²) in [5.74, 6) is -0.204. The van der Waals surface area contributed by atoms with E-state index in [1.807, 2.05) is 0 Å². The van der Waals surface area contributed by atoms with Crippen LogP contribution in [0.4, 0.5) is 5.69 Å². The maximum Gasteiger partial charge on any atom is 0.283 e. The highest BCUT2D eigenvalue weighted by Crippen LogP contribution is 2.39. The topological polar surface area (TPSA) is 83.8 Å². The van der Waals surface area contributed by atoms with Gasteiger partial charge in [-0.05, 0) is 35.9 Å². The number of nitro groups is 1. The first kappa shape index (κ1) is 23.1. The zero-order chi connectivity index (χ0) is 22.5. The fraction of sp³-hybridized carbons (Fsp3) is 0.238. The molecule has 1 aliphatic heterocycles. The van der Waals surface area contributed by atoms with Gasteiger partial charge < -0.3 is 9.80 Å². The molecule has 7 nitrogen and oxygen atoms in total. The van der Waals surface area contributed by atoms with E-state index in [1.54, 1.807) is 46.2 Å². The first-order valence-electron chi connectivity index (χ1n) is 9.38. The lowest BCUT2D eigenvalue weighted by atomic mass is 10.2.